The number of benzene rings is 2. The van der Waals surface area contributed by atoms with Gasteiger partial charge in [0, 0.05) is 11.6 Å². The van der Waals surface area contributed by atoms with Crippen LogP contribution in [0, 0.1) is 11.3 Å². The highest BCUT2D eigenvalue weighted by Crippen LogP contribution is 2.17. The van der Waals surface area contributed by atoms with Crippen molar-refractivity contribution in [3.05, 3.63) is 70.3 Å². The molecule has 4 nitrogen and oxygen atoms in total. The van der Waals surface area contributed by atoms with Crippen molar-refractivity contribution in [1.29, 1.82) is 5.26 Å². The number of alkyl halides is 2. The Hall–Kier alpha value is -2.91. The molecule has 0 bridgehead atoms. The molecule has 0 heterocycles. The second-order valence-electron chi connectivity index (χ2n) is 4.93. The minimum absolute atomic E-state index is 0.00199. The van der Waals surface area contributed by atoms with E-state index in [1.54, 1.807) is 24.3 Å². The Morgan fingerprint density at radius 2 is 1.84 bits per heavy atom. The summed E-state index contributed by atoms with van der Waals surface area (Å²) in [7, 11) is 0. The first-order valence-electron chi connectivity index (χ1n) is 7.17. The van der Waals surface area contributed by atoms with Crippen molar-refractivity contribution < 1.29 is 18.3 Å². The lowest BCUT2D eigenvalue weighted by atomic mass is 10.1. The molecule has 25 heavy (non-hydrogen) atoms. The topological polar surface area (TPSA) is 62.1 Å². The fourth-order valence-corrected chi connectivity index (χ4v) is 2.07. The number of carbonyl (C=O) groups excluding carboxylic acids is 1. The highest BCUT2D eigenvalue weighted by Gasteiger charge is 2.09. The number of hydrogen-bond acceptors (Lipinski definition) is 3. The van der Waals surface area contributed by atoms with Gasteiger partial charge in [-0.2, -0.15) is 14.0 Å². The van der Waals surface area contributed by atoms with Crippen LogP contribution in [0.25, 0.3) is 6.08 Å². The molecule has 0 spiro atoms. The number of hydrogen-bond donors (Lipinski definition) is 1. The minimum atomic E-state index is -2.91. The summed E-state index contributed by atoms with van der Waals surface area (Å²) in [4.78, 5) is 12.1. The third-order valence-corrected chi connectivity index (χ3v) is 3.40. The Morgan fingerprint density at radius 3 is 2.40 bits per heavy atom. The van der Waals surface area contributed by atoms with Crippen LogP contribution < -0.4 is 10.1 Å². The molecule has 0 saturated carbocycles. The summed E-state index contributed by atoms with van der Waals surface area (Å²) in [6, 6.07) is 14.4. The van der Waals surface area contributed by atoms with E-state index >= 15 is 0 Å². The SMILES string of the molecule is N#C/C(=C\c1ccc(OC(F)F)cc1)C(=O)NCc1ccc(Cl)cc1. The number of halogens is 3. The first kappa shape index (κ1) is 18.4. The molecule has 2 rings (SSSR count). The monoisotopic (exact) mass is 362 g/mol. The van der Waals surface area contributed by atoms with Crippen LogP contribution in [-0.4, -0.2) is 12.5 Å². The Kier molecular flexibility index (Phi) is 6.49. The summed E-state index contributed by atoms with van der Waals surface area (Å²) in [6.07, 6.45) is 1.36. The fourth-order valence-electron chi connectivity index (χ4n) is 1.94. The number of ether oxygens (including phenoxy) is 1. The third-order valence-electron chi connectivity index (χ3n) is 3.15. The molecule has 0 radical (unpaired) electrons. The second-order valence-corrected chi connectivity index (χ2v) is 5.36. The van der Waals surface area contributed by atoms with E-state index in [9.17, 15) is 13.6 Å². The van der Waals surface area contributed by atoms with E-state index in [1.165, 1.54) is 30.3 Å². The Morgan fingerprint density at radius 1 is 1.20 bits per heavy atom. The maximum atomic E-state index is 12.1. The van der Waals surface area contributed by atoms with Crippen molar-refractivity contribution >= 4 is 23.6 Å². The number of amides is 1. The van der Waals surface area contributed by atoms with E-state index in [2.05, 4.69) is 10.1 Å². The number of rotatable bonds is 6. The fraction of sp³-hybridized carbons (Fsp3) is 0.111. The van der Waals surface area contributed by atoms with Gasteiger partial charge in [-0.05, 0) is 41.5 Å². The first-order chi connectivity index (χ1) is 12.0. The zero-order chi connectivity index (χ0) is 18.2. The number of nitriles is 1. The van der Waals surface area contributed by atoms with Gasteiger partial charge >= 0.3 is 6.61 Å². The molecular weight excluding hydrogens is 350 g/mol. The lowest BCUT2D eigenvalue weighted by Crippen LogP contribution is -2.23. The summed E-state index contributed by atoms with van der Waals surface area (Å²) < 4.78 is 28.4. The van der Waals surface area contributed by atoms with Crippen molar-refractivity contribution in [2.75, 3.05) is 0 Å². The van der Waals surface area contributed by atoms with Gasteiger partial charge in [0.2, 0.25) is 0 Å². The van der Waals surface area contributed by atoms with Crippen LogP contribution in [0.5, 0.6) is 5.75 Å². The van der Waals surface area contributed by atoms with Gasteiger partial charge in [-0.3, -0.25) is 4.79 Å². The highest BCUT2D eigenvalue weighted by atomic mass is 35.5. The van der Waals surface area contributed by atoms with Crippen LogP contribution in [0.1, 0.15) is 11.1 Å². The van der Waals surface area contributed by atoms with Gasteiger partial charge in [0.25, 0.3) is 5.91 Å². The summed E-state index contributed by atoms with van der Waals surface area (Å²) in [6.45, 7) is -2.66. The molecule has 0 aliphatic heterocycles. The molecule has 0 aliphatic rings. The quantitative estimate of drug-likeness (QED) is 0.620. The molecule has 128 valence electrons. The van der Waals surface area contributed by atoms with Crippen LogP contribution in [0.4, 0.5) is 8.78 Å². The largest absolute Gasteiger partial charge is 0.435 e. The standard InChI is InChI=1S/C18H13ClF2N2O2/c19-15-5-1-13(2-6-15)11-23-17(24)14(10-22)9-12-3-7-16(8-4-12)25-18(20)21/h1-9,18H,11H2,(H,23,24)/b14-9+. The van der Waals surface area contributed by atoms with Crippen LogP contribution in [0.2, 0.25) is 5.02 Å². The van der Waals surface area contributed by atoms with E-state index < -0.39 is 12.5 Å². The predicted molar refractivity (Wildman–Crippen MR) is 90.0 cm³/mol. The number of nitrogens with one attached hydrogen (secondary N) is 1. The molecule has 0 saturated heterocycles. The summed E-state index contributed by atoms with van der Waals surface area (Å²) >= 11 is 5.79. The van der Waals surface area contributed by atoms with Gasteiger partial charge < -0.3 is 10.1 Å². The molecular formula is C18H13ClF2N2O2. The summed E-state index contributed by atoms with van der Waals surface area (Å²) in [5, 5.41) is 12.4. The van der Waals surface area contributed by atoms with Gasteiger partial charge in [0.05, 0.1) is 0 Å². The predicted octanol–water partition coefficient (Wildman–Crippen LogP) is 4.16. The van der Waals surface area contributed by atoms with Crippen LogP contribution >= 0.6 is 11.6 Å². The molecule has 7 heteroatoms. The van der Waals surface area contributed by atoms with Gasteiger partial charge in [-0.25, -0.2) is 0 Å². The average molecular weight is 363 g/mol. The van der Waals surface area contributed by atoms with Crippen molar-refractivity contribution in [2.45, 2.75) is 13.2 Å². The Labute approximate surface area is 148 Å². The first-order valence-corrected chi connectivity index (χ1v) is 7.55. The zero-order valence-corrected chi connectivity index (χ0v) is 13.6. The maximum Gasteiger partial charge on any atom is 0.387 e. The van der Waals surface area contributed by atoms with E-state index in [4.69, 9.17) is 16.9 Å². The van der Waals surface area contributed by atoms with E-state index in [1.807, 2.05) is 6.07 Å². The second kappa shape index (κ2) is 8.81. The lowest BCUT2D eigenvalue weighted by Gasteiger charge is -2.06. The highest BCUT2D eigenvalue weighted by molar-refractivity contribution is 6.30. The number of carbonyl (C=O) groups is 1. The third kappa shape index (κ3) is 5.90. The molecule has 0 aromatic heterocycles. The van der Waals surface area contributed by atoms with Crippen molar-refractivity contribution in [3.63, 3.8) is 0 Å². The van der Waals surface area contributed by atoms with Crippen molar-refractivity contribution in [1.82, 2.24) is 5.32 Å². The van der Waals surface area contributed by atoms with Crippen molar-refractivity contribution in [3.8, 4) is 11.8 Å². The smallest absolute Gasteiger partial charge is 0.387 e. The molecule has 0 atom stereocenters. The van der Waals surface area contributed by atoms with Gasteiger partial charge in [-0.15, -0.1) is 0 Å². The molecule has 0 aliphatic carbocycles. The van der Waals surface area contributed by atoms with Gasteiger partial charge in [0.1, 0.15) is 17.4 Å². The molecule has 1 amide bonds. The summed E-state index contributed by atoms with van der Waals surface area (Å²) in [5.74, 6) is -0.539. The summed E-state index contributed by atoms with van der Waals surface area (Å²) in [5.41, 5.74) is 1.25. The van der Waals surface area contributed by atoms with Gasteiger partial charge in [0.15, 0.2) is 0 Å². The molecule has 1 N–H and O–H groups in total. The Bertz CT molecular complexity index is 797. The lowest BCUT2D eigenvalue weighted by molar-refractivity contribution is -0.117. The minimum Gasteiger partial charge on any atom is -0.435 e. The Balaban J connectivity index is 2.02. The molecule has 2 aromatic rings. The number of nitrogens with zero attached hydrogens (tertiary/aromatic N) is 1. The zero-order valence-electron chi connectivity index (χ0n) is 12.9. The van der Waals surface area contributed by atoms with Gasteiger partial charge in [-0.1, -0.05) is 35.9 Å². The molecule has 0 unspecified atom stereocenters. The normalized spacial score (nSPS) is 11.1. The average Bonchev–Trinajstić information content (AvgIpc) is 2.60. The van der Waals surface area contributed by atoms with E-state index in [0.717, 1.165) is 5.56 Å². The van der Waals surface area contributed by atoms with Crippen molar-refractivity contribution in [2.24, 2.45) is 0 Å². The maximum absolute atomic E-state index is 12.1. The van der Waals surface area contributed by atoms with E-state index in [-0.39, 0.29) is 17.9 Å². The van der Waals surface area contributed by atoms with E-state index in [0.29, 0.717) is 10.6 Å². The molecule has 0 fully saturated rings. The van der Waals surface area contributed by atoms with Crippen LogP contribution in [0.3, 0.4) is 0 Å². The van der Waals surface area contributed by atoms with Crippen LogP contribution in [-0.2, 0) is 11.3 Å². The van der Waals surface area contributed by atoms with Crippen LogP contribution in [0.15, 0.2) is 54.1 Å². The molecule has 2 aromatic carbocycles.